The molecule has 0 aliphatic rings. The van der Waals surface area contributed by atoms with E-state index in [2.05, 4.69) is 10.3 Å². The third-order valence-electron chi connectivity index (χ3n) is 1.76. The van der Waals surface area contributed by atoms with Crippen molar-refractivity contribution < 1.29 is 9.90 Å². The summed E-state index contributed by atoms with van der Waals surface area (Å²) in [5, 5.41) is 11.3. The van der Waals surface area contributed by atoms with E-state index in [-0.39, 0.29) is 12.1 Å². The highest BCUT2D eigenvalue weighted by Gasteiger charge is 2.16. The highest BCUT2D eigenvalue weighted by atomic mass is 16.4. The molecule has 1 rings (SSSR count). The van der Waals surface area contributed by atoms with E-state index in [4.69, 9.17) is 5.11 Å². The predicted octanol–water partition coefficient (Wildman–Crippen LogP) is 1.13. The van der Waals surface area contributed by atoms with E-state index in [1.807, 2.05) is 31.5 Å². The third-order valence-corrected chi connectivity index (χ3v) is 1.76. The number of aliphatic carboxylic acids is 1. The normalized spacial score (nSPS) is 11.4. The molecular formula is C9H15N3O2. The molecule has 0 unspecified atom stereocenters. The zero-order valence-corrected chi connectivity index (χ0v) is 8.61. The van der Waals surface area contributed by atoms with Crippen LogP contribution in [0.25, 0.3) is 0 Å². The molecule has 0 saturated carbocycles. The van der Waals surface area contributed by atoms with Crippen LogP contribution in [0.3, 0.4) is 0 Å². The van der Waals surface area contributed by atoms with Gasteiger partial charge in [0.05, 0.1) is 0 Å². The summed E-state index contributed by atoms with van der Waals surface area (Å²) >= 11 is 0. The molecule has 1 heterocycles. The van der Waals surface area contributed by atoms with Crippen molar-refractivity contribution in [1.82, 2.24) is 9.55 Å². The molecule has 1 aromatic heterocycles. The standard InChI is InChI=1S/C9H15N3O2/c1-9(2,3)12-5-4-10-8(12)11-6-7(13)14/h4-5H,6H2,1-3H3,(H,10,11)(H,13,14). The first kappa shape index (κ1) is 10.6. The number of carboxylic acids is 1. The average molecular weight is 197 g/mol. The minimum absolute atomic E-state index is 0.0999. The number of nitrogens with one attached hydrogen (secondary N) is 1. The van der Waals surface area contributed by atoms with Gasteiger partial charge in [-0.1, -0.05) is 0 Å². The molecule has 0 bridgehead atoms. The van der Waals surface area contributed by atoms with Crippen LogP contribution in [-0.4, -0.2) is 27.2 Å². The van der Waals surface area contributed by atoms with E-state index in [1.54, 1.807) is 6.20 Å². The molecule has 0 aromatic carbocycles. The molecule has 0 saturated heterocycles. The molecule has 5 heteroatoms. The van der Waals surface area contributed by atoms with Gasteiger partial charge in [0, 0.05) is 17.9 Å². The minimum atomic E-state index is -0.895. The summed E-state index contributed by atoms with van der Waals surface area (Å²) in [5.74, 6) is -0.312. The molecule has 0 fully saturated rings. The van der Waals surface area contributed by atoms with Crippen LogP contribution in [0.5, 0.6) is 0 Å². The zero-order valence-electron chi connectivity index (χ0n) is 8.61. The third kappa shape index (κ3) is 2.48. The lowest BCUT2D eigenvalue weighted by atomic mass is 10.1. The fourth-order valence-corrected chi connectivity index (χ4v) is 1.13. The van der Waals surface area contributed by atoms with Gasteiger partial charge in [-0.3, -0.25) is 4.79 Å². The van der Waals surface area contributed by atoms with Crippen molar-refractivity contribution in [3.05, 3.63) is 12.4 Å². The van der Waals surface area contributed by atoms with Gasteiger partial charge in [0.25, 0.3) is 0 Å². The van der Waals surface area contributed by atoms with Crippen molar-refractivity contribution in [2.75, 3.05) is 11.9 Å². The second kappa shape index (κ2) is 3.69. The number of rotatable bonds is 3. The van der Waals surface area contributed by atoms with Crippen molar-refractivity contribution in [3.63, 3.8) is 0 Å². The molecule has 0 atom stereocenters. The van der Waals surface area contributed by atoms with E-state index in [9.17, 15) is 4.79 Å². The first-order valence-corrected chi connectivity index (χ1v) is 4.41. The molecule has 2 N–H and O–H groups in total. The molecular weight excluding hydrogens is 182 g/mol. The van der Waals surface area contributed by atoms with Crippen molar-refractivity contribution in [2.45, 2.75) is 26.3 Å². The Hall–Kier alpha value is -1.52. The Morgan fingerprint density at radius 1 is 1.64 bits per heavy atom. The monoisotopic (exact) mass is 197 g/mol. The summed E-state index contributed by atoms with van der Waals surface area (Å²) in [4.78, 5) is 14.4. The number of hydrogen-bond acceptors (Lipinski definition) is 3. The van der Waals surface area contributed by atoms with Gasteiger partial charge in [-0.05, 0) is 20.8 Å². The Morgan fingerprint density at radius 3 is 2.79 bits per heavy atom. The fourth-order valence-electron chi connectivity index (χ4n) is 1.13. The Bertz CT molecular complexity index is 325. The van der Waals surface area contributed by atoms with Crippen LogP contribution in [-0.2, 0) is 10.3 Å². The summed E-state index contributed by atoms with van der Waals surface area (Å²) in [6.45, 7) is 5.97. The summed E-state index contributed by atoms with van der Waals surface area (Å²) in [7, 11) is 0. The Balaban J connectivity index is 2.78. The lowest BCUT2D eigenvalue weighted by Gasteiger charge is -2.23. The quantitative estimate of drug-likeness (QED) is 0.762. The molecule has 0 aliphatic heterocycles. The van der Waals surface area contributed by atoms with Gasteiger partial charge in [-0.25, -0.2) is 4.98 Å². The van der Waals surface area contributed by atoms with Gasteiger partial charge >= 0.3 is 5.97 Å². The highest BCUT2D eigenvalue weighted by molar-refractivity contribution is 5.71. The van der Waals surface area contributed by atoms with Gasteiger partial charge in [0.1, 0.15) is 6.54 Å². The second-order valence-electron chi connectivity index (χ2n) is 4.04. The van der Waals surface area contributed by atoms with Crippen LogP contribution >= 0.6 is 0 Å². The maximum atomic E-state index is 10.4. The van der Waals surface area contributed by atoms with Crippen LogP contribution in [0.15, 0.2) is 12.4 Å². The fraction of sp³-hybridized carbons (Fsp3) is 0.556. The molecule has 78 valence electrons. The minimum Gasteiger partial charge on any atom is -0.480 e. The number of carboxylic acid groups (broad SMARTS) is 1. The van der Waals surface area contributed by atoms with Gasteiger partial charge in [-0.2, -0.15) is 0 Å². The Labute approximate surface area is 82.8 Å². The van der Waals surface area contributed by atoms with Gasteiger partial charge in [0.2, 0.25) is 5.95 Å². The summed E-state index contributed by atoms with van der Waals surface area (Å²) in [6, 6.07) is 0. The molecule has 0 amide bonds. The first-order valence-electron chi connectivity index (χ1n) is 4.41. The second-order valence-corrected chi connectivity index (χ2v) is 4.04. The molecule has 1 aromatic rings. The van der Waals surface area contributed by atoms with Crippen LogP contribution in [0.1, 0.15) is 20.8 Å². The van der Waals surface area contributed by atoms with Gasteiger partial charge in [0.15, 0.2) is 0 Å². The van der Waals surface area contributed by atoms with Crippen molar-refractivity contribution in [1.29, 1.82) is 0 Å². The number of anilines is 1. The molecule has 0 radical (unpaired) electrons. The predicted molar refractivity (Wildman–Crippen MR) is 53.3 cm³/mol. The largest absolute Gasteiger partial charge is 0.480 e. The van der Waals surface area contributed by atoms with E-state index >= 15 is 0 Å². The van der Waals surface area contributed by atoms with Gasteiger partial charge < -0.3 is 15.0 Å². The van der Waals surface area contributed by atoms with Crippen molar-refractivity contribution in [3.8, 4) is 0 Å². The SMILES string of the molecule is CC(C)(C)n1ccnc1NCC(=O)O. The van der Waals surface area contributed by atoms with E-state index in [0.717, 1.165) is 0 Å². The smallest absolute Gasteiger partial charge is 0.322 e. The zero-order chi connectivity index (χ0) is 10.8. The first-order chi connectivity index (χ1) is 6.41. The van der Waals surface area contributed by atoms with Crippen LogP contribution in [0, 0.1) is 0 Å². The highest BCUT2D eigenvalue weighted by Crippen LogP contribution is 2.18. The Kier molecular flexibility index (Phi) is 2.78. The van der Waals surface area contributed by atoms with E-state index in [1.165, 1.54) is 0 Å². The van der Waals surface area contributed by atoms with Gasteiger partial charge in [-0.15, -0.1) is 0 Å². The summed E-state index contributed by atoms with van der Waals surface area (Å²) in [5.41, 5.74) is -0.0999. The number of carbonyl (C=O) groups is 1. The van der Waals surface area contributed by atoms with Crippen LogP contribution in [0.2, 0.25) is 0 Å². The number of hydrogen-bond donors (Lipinski definition) is 2. The maximum Gasteiger partial charge on any atom is 0.322 e. The van der Waals surface area contributed by atoms with Crippen molar-refractivity contribution >= 4 is 11.9 Å². The number of nitrogens with zero attached hydrogens (tertiary/aromatic N) is 2. The molecule has 0 aliphatic carbocycles. The summed E-state index contributed by atoms with van der Waals surface area (Å²) < 4.78 is 1.90. The van der Waals surface area contributed by atoms with E-state index < -0.39 is 5.97 Å². The molecule has 0 spiro atoms. The number of aromatic nitrogens is 2. The van der Waals surface area contributed by atoms with Crippen LogP contribution < -0.4 is 5.32 Å². The summed E-state index contributed by atoms with van der Waals surface area (Å²) in [6.07, 6.45) is 3.47. The average Bonchev–Trinajstić information content (AvgIpc) is 2.46. The van der Waals surface area contributed by atoms with Crippen molar-refractivity contribution in [2.24, 2.45) is 0 Å². The molecule has 14 heavy (non-hydrogen) atoms. The molecule has 5 nitrogen and oxygen atoms in total. The van der Waals surface area contributed by atoms with E-state index in [0.29, 0.717) is 5.95 Å². The number of imidazole rings is 1. The lowest BCUT2D eigenvalue weighted by molar-refractivity contribution is -0.134. The Morgan fingerprint density at radius 2 is 2.29 bits per heavy atom. The topological polar surface area (TPSA) is 67.2 Å². The van der Waals surface area contributed by atoms with Crippen LogP contribution in [0.4, 0.5) is 5.95 Å². The maximum absolute atomic E-state index is 10.4. The lowest BCUT2D eigenvalue weighted by Crippen LogP contribution is -2.25.